The van der Waals surface area contributed by atoms with Gasteiger partial charge in [-0.1, -0.05) is 53.7 Å². The second kappa shape index (κ2) is 9.60. The van der Waals surface area contributed by atoms with Crippen LogP contribution in [0.4, 0.5) is 10.1 Å². The number of pyridine rings is 1. The number of aromatic nitrogens is 4. The normalized spacial score (nSPS) is 11.0. The first-order valence-electron chi connectivity index (χ1n) is 10.7. The van der Waals surface area contributed by atoms with Crippen molar-refractivity contribution in [2.75, 3.05) is 5.32 Å². The molecular formula is C26H20FN5O2. The number of aromatic amines is 1. The highest BCUT2D eigenvalue weighted by Crippen LogP contribution is 2.22. The molecule has 168 valence electrons. The SMILES string of the molecule is O=C(Nc1ccc(COCc2ccccc2)c(F)c1)c1cccc(-c2ccc3nn[nH]c3n2)c1. The van der Waals surface area contributed by atoms with Crippen LogP contribution in [0.2, 0.25) is 0 Å². The summed E-state index contributed by atoms with van der Waals surface area (Å²) in [5, 5.41) is 13.1. The van der Waals surface area contributed by atoms with Gasteiger partial charge >= 0.3 is 0 Å². The Morgan fingerprint density at radius 2 is 1.82 bits per heavy atom. The lowest BCUT2D eigenvalue weighted by Crippen LogP contribution is -2.12. The largest absolute Gasteiger partial charge is 0.372 e. The molecule has 5 rings (SSSR count). The Hall–Kier alpha value is -4.43. The number of fused-ring (bicyclic) bond motifs is 1. The molecule has 0 saturated carbocycles. The molecule has 0 bridgehead atoms. The molecule has 0 spiro atoms. The van der Waals surface area contributed by atoms with Crippen molar-refractivity contribution in [2.45, 2.75) is 13.2 Å². The van der Waals surface area contributed by atoms with E-state index < -0.39 is 5.82 Å². The summed E-state index contributed by atoms with van der Waals surface area (Å²) in [4.78, 5) is 17.3. The molecule has 2 heterocycles. The minimum absolute atomic E-state index is 0.139. The number of amides is 1. The molecule has 0 unspecified atom stereocenters. The lowest BCUT2D eigenvalue weighted by Gasteiger charge is -2.10. The molecule has 0 atom stereocenters. The Morgan fingerprint density at radius 1 is 0.941 bits per heavy atom. The van der Waals surface area contributed by atoms with Crippen LogP contribution in [0.3, 0.4) is 0 Å². The van der Waals surface area contributed by atoms with Crippen LogP contribution >= 0.6 is 0 Å². The summed E-state index contributed by atoms with van der Waals surface area (Å²) in [5.41, 5.74) is 4.90. The third-order valence-corrected chi connectivity index (χ3v) is 5.29. The molecule has 3 aromatic carbocycles. The zero-order valence-corrected chi connectivity index (χ0v) is 18.0. The molecule has 0 aliphatic carbocycles. The van der Waals surface area contributed by atoms with Crippen molar-refractivity contribution in [1.29, 1.82) is 0 Å². The van der Waals surface area contributed by atoms with Crippen molar-refractivity contribution in [3.05, 3.63) is 107 Å². The standard InChI is InChI=1S/C26H20FN5O2/c27-22-14-21(10-9-20(22)16-34-15-17-5-2-1-3-6-17)28-26(33)19-8-4-7-18(13-19)23-11-12-24-25(29-23)31-32-30-24/h1-14H,15-16H2,(H,28,33)(H,29,30,31,32). The van der Waals surface area contributed by atoms with E-state index in [9.17, 15) is 9.18 Å². The van der Waals surface area contributed by atoms with Crippen LogP contribution in [0.1, 0.15) is 21.5 Å². The number of halogens is 1. The van der Waals surface area contributed by atoms with Crippen molar-refractivity contribution in [1.82, 2.24) is 20.4 Å². The Balaban J connectivity index is 1.25. The number of carbonyl (C=O) groups excluding carboxylic acids is 1. The molecule has 0 aliphatic heterocycles. The highest BCUT2D eigenvalue weighted by Gasteiger charge is 2.11. The van der Waals surface area contributed by atoms with E-state index in [4.69, 9.17) is 4.74 Å². The van der Waals surface area contributed by atoms with E-state index in [-0.39, 0.29) is 12.5 Å². The number of rotatable bonds is 7. The maximum atomic E-state index is 14.6. The van der Waals surface area contributed by atoms with Gasteiger partial charge in [-0.05, 0) is 42.0 Å². The van der Waals surface area contributed by atoms with Crippen LogP contribution in [0.15, 0.2) is 84.9 Å². The fraction of sp³-hybridized carbons (Fsp3) is 0.0769. The van der Waals surface area contributed by atoms with Crippen LogP contribution in [0.5, 0.6) is 0 Å². The number of nitrogens with zero attached hydrogens (tertiary/aromatic N) is 3. The number of ether oxygens (including phenoxy) is 1. The zero-order chi connectivity index (χ0) is 23.3. The summed E-state index contributed by atoms with van der Waals surface area (Å²) in [6.45, 7) is 0.536. The Labute approximate surface area is 194 Å². The molecule has 2 aromatic heterocycles. The van der Waals surface area contributed by atoms with Crippen LogP contribution in [-0.4, -0.2) is 26.3 Å². The summed E-state index contributed by atoms with van der Waals surface area (Å²) in [6.07, 6.45) is 0. The van der Waals surface area contributed by atoms with Gasteiger partial charge in [0.05, 0.1) is 18.9 Å². The second-order valence-corrected chi connectivity index (χ2v) is 7.70. The summed E-state index contributed by atoms with van der Waals surface area (Å²) in [7, 11) is 0. The third kappa shape index (κ3) is 4.82. The summed E-state index contributed by atoms with van der Waals surface area (Å²) in [5.74, 6) is -0.788. The van der Waals surface area contributed by atoms with Gasteiger partial charge in [-0.3, -0.25) is 4.79 Å². The maximum absolute atomic E-state index is 14.6. The van der Waals surface area contributed by atoms with Crippen molar-refractivity contribution in [3.8, 4) is 11.3 Å². The predicted molar refractivity (Wildman–Crippen MR) is 126 cm³/mol. The molecule has 5 aromatic rings. The minimum Gasteiger partial charge on any atom is -0.372 e. The van der Waals surface area contributed by atoms with Crippen LogP contribution < -0.4 is 5.32 Å². The Morgan fingerprint density at radius 3 is 2.68 bits per heavy atom. The monoisotopic (exact) mass is 453 g/mol. The molecule has 7 nitrogen and oxygen atoms in total. The zero-order valence-electron chi connectivity index (χ0n) is 18.0. The van der Waals surface area contributed by atoms with Crippen LogP contribution in [0.25, 0.3) is 22.4 Å². The minimum atomic E-state index is -0.440. The first kappa shape index (κ1) is 21.4. The van der Waals surface area contributed by atoms with Gasteiger partial charge in [-0.15, -0.1) is 5.10 Å². The number of anilines is 1. The topological polar surface area (TPSA) is 92.8 Å². The van der Waals surface area contributed by atoms with Crippen molar-refractivity contribution < 1.29 is 13.9 Å². The van der Waals surface area contributed by atoms with Crippen molar-refractivity contribution in [3.63, 3.8) is 0 Å². The fourth-order valence-electron chi connectivity index (χ4n) is 3.52. The van der Waals surface area contributed by atoms with Gasteiger partial charge in [-0.2, -0.15) is 0 Å². The first-order valence-corrected chi connectivity index (χ1v) is 10.7. The highest BCUT2D eigenvalue weighted by atomic mass is 19.1. The van der Waals surface area contributed by atoms with Gasteiger partial charge in [0.25, 0.3) is 5.91 Å². The van der Waals surface area contributed by atoms with Crippen molar-refractivity contribution in [2.24, 2.45) is 0 Å². The van der Waals surface area contributed by atoms with Gasteiger partial charge in [0, 0.05) is 22.4 Å². The molecule has 0 aliphatic rings. The first-order chi connectivity index (χ1) is 16.7. The smallest absolute Gasteiger partial charge is 0.255 e. The van der Waals surface area contributed by atoms with Crippen LogP contribution in [-0.2, 0) is 18.0 Å². The lowest BCUT2D eigenvalue weighted by atomic mass is 10.1. The van der Waals surface area contributed by atoms with E-state index >= 15 is 0 Å². The molecule has 8 heteroatoms. The fourth-order valence-corrected chi connectivity index (χ4v) is 3.52. The number of carbonyl (C=O) groups is 1. The number of hydrogen-bond acceptors (Lipinski definition) is 5. The van der Waals surface area contributed by atoms with Crippen LogP contribution in [0, 0.1) is 5.82 Å². The quantitative estimate of drug-likeness (QED) is 0.356. The second-order valence-electron chi connectivity index (χ2n) is 7.70. The van der Waals surface area contributed by atoms with E-state index in [0.717, 1.165) is 11.1 Å². The molecular weight excluding hydrogens is 433 g/mol. The van der Waals surface area contributed by atoms with E-state index in [2.05, 4.69) is 25.7 Å². The predicted octanol–water partition coefficient (Wildman–Crippen LogP) is 5.13. The van der Waals surface area contributed by atoms with Gasteiger partial charge in [0.2, 0.25) is 0 Å². The van der Waals surface area contributed by atoms with Crippen molar-refractivity contribution >= 4 is 22.8 Å². The maximum Gasteiger partial charge on any atom is 0.255 e. The van der Waals surface area contributed by atoms with E-state index in [1.807, 2.05) is 48.5 Å². The van der Waals surface area contributed by atoms with E-state index in [0.29, 0.717) is 40.3 Å². The molecule has 0 radical (unpaired) electrons. The Kier molecular flexibility index (Phi) is 6.05. The molecule has 0 saturated heterocycles. The van der Waals surface area contributed by atoms with Gasteiger partial charge in [0.15, 0.2) is 5.65 Å². The molecule has 1 amide bonds. The summed E-state index contributed by atoms with van der Waals surface area (Å²) >= 11 is 0. The molecule has 2 N–H and O–H groups in total. The number of hydrogen-bond donors (Lipinski definition) is 2. The average Bonchev–Trinajstić information content (AvgIpc) is 3.34. The van der Waals surface area contributed by atoms with E-state index in [1.54, 1.807) is 30.3 Å². The highest BCUT2D eigenvalue weighted by molar-refractivity contribution is 6.05. The van der Waals surface area contributed by atoms with Gasteiger partial charge < -0.3 is 10.1 Å². The van der Waals surface area contributed by atoms with Gasteiger partial charge in [-0.25, -0.2) is 14.5 Å². The third-order valence-electron chi connectivity index (χ3n) is 5.29. The average molecular weight is 453 g/mol. The molecule has 34 heavy (non-hydrogen) atoms. The summed E-state index contributed by atoms with van der Waals surface area (Å²) < 4.78 is 20.2. The number of benzene rings is 3. The molecule has 0 fully saturated rings. The van der Waals surface area contributed by atoms with Gasteiger partial charge in [0.1, 0.15) is 11.3 Å². The number of H-pyrrole nitrogens is 1. The number of nitrogens with one attached hydrogen (secondary N) is 2. The summed E-state index contributed by atoms with van der Waals surface area (Å²) in [6, 6.07) is 24.9. The Bertz CT molecular complexity index is 1450. The lowest BCUT2D eigenvalue weighted by molar-refractivity contribution is 0.102. The van der Waals surface area contributed by atoms with E-state index in [1.165, 1.54) is 6.07 Å².